The van der Waals surface area contributed by atoms with Gasteiger partial charge in [-0.05, 0) is 90.1 Å². The number of hydrogen-bond acceptors (Lipinski definition) is 3. The van der Waals surface area contributed by atoms with E-state index in [2.05, 4.69) is 50.1 Å². The molecule has 1 aromatic carbocycles. The van der Waals surface area contributed by atoms with Crippen LogP contribution < -0.4 is 0 Å². The van der Waals surface area contributed by atoms with Crippen molar-refractivity contribution in [1.82, 2.24) is 19.4 Å². The maximum Gasteiger partial charge on any atom is 0.253 e. The number of likely N-dealkylation sites (tertiary alicyclic amines) is 1. The Morgan fingerprint density at radius 3 is 2.58 bits per heavy atom. The number of fused-ring (bicyclic) bond motifs is 1. The van der Waals surface area contributed by atoms with Crippen LogP contribution in [0.15, 0.2) is 41.5 Å². The summed E-state index contributed by atoms with van der Waals surface area (Å²) in [6.45, 7) is 8.54. The Morgan fingerprint density at radius 1 is 1.27 bits per heavy atom. The average Bonchev–Trinajstić information content (AvgIpc) is 3.10. The standard InChI is InChI=1S/C26H30BrFN4O/c1-16(2)20-12-18(26(33)30(3)4)13-23(28)24(20)17-7-10-32(11-8-17)15-19-14-21-22(27)6-9-29-25(21)31(19)5/h6,9,12-14,17H,1,7-8,10-11,15H2,2-5H3. The predicted molar refractivity (Wildman–Crippen MR) is 135 cm³/mol. The van der Waals surface area contributed by atoms with Crippen molar-refractivity contribution < 1.29 is 9.18 Å². The monoisotopic (exact) mass is 512 g/mol. The Morgan fingerprint density at radius 2 is 1.97 bits per heavy atom. The molecule has 0 aliphatic carbocycles. The number of nitrogens with zero attached hydrogens (tertiary/aromatic N) is 4. The Balaban J connectivity index is 1.52. The molecule has 0 N–H and O–H groups in total. The van der Waals surface area contributed by atoms with Crippen LogP contribution in [-0.4, -0.2) is 52.4 Å². The van der Waals surface area contributed by atoms with Crippen molar-refractivity contribution in [3.05, 3.63) is 69.7 Å². The largest absolute Gasteiger partial charge is 0.345 e. The number of hydrogen-bond donors (Lipinski definition) is 0. The summed E-state index contributed by atoms with van der Waals surface area (Å²) in [7, 11) is 5.40. The zero-order valence-corrected chi connectivity index (χ0v) is 21.2. The van der Waals surface area contributed by atoms with Gasteiger partial charge in [0.1, 0.15) is 11.5 Å². The van der Waals surface area contributed by atoms with Crippen LogP contribution in [0.2, 0.25) is 0 Å². The van der Waals surface area contributed by atoms with Crippen LogP contribution in [0.4, 0.5) is 4.39 Å². The molecule has 1 amide bonds. The normalized spacial score (nSPS) is 15.2. The lowest BCUT2D eigenvalue weighted by molar-refractivity contribution is 0.0827. The van der Waals surface area contributed by atoms with Crippen LogP contribution in [0.3, 0.4) is 0 Å². The van der Waals surface area contributed by atoms with Gasteiger partial charge in [0.25, 0.3) is 5.91 Å². The van der Waals surface area contributed by atoms with E-state index in [1.807, 2.05) is 19.2 Å². The fourth-order valence-electron chi connectivity index (χ4n) is 4.77. The van der Waals surface area contributed by atoms with E-state index >= 15 is 4.39 Å². The van der Waals surface area contributed by atoms with E-state index in [9.17, 15) is 4.79 Å². The van der Waals surface area contributed by atoms with Crippen LogP contribution in [0.5, 0.6) is 0 Å². The smallest absolute Gasteiger partial charge is 0.253 e. The molecule has 1 fully saturated rings. The molecule has 0 radical (unpaired) electrons. The van der Waals surface area contributed by atoms with E-state index in [0.717, 1.165) is 59.1 Å². The zero-order chi connectivity index (χ0) is 23.9. The minimum Gasteiger partial charge on any atom is -0.345 e. The van der Waals surface area contributed by atoms with Gasteiger partial charge in [0.15, 0.2) is 0 Å². The summed E-state index contributed by atoms with van der Waals surface area (Å²) in [5.41, 5.74) is 4.80. The molecule has 3 aromatic rings. The van der Waals surface area contributed by atoms with Crippen molar-refractivity contribution in [1.29, 1.82) is 0 Å². The molecule has 1 saturated heterocycles. The first-order valence-electron chi connectivity index (χ1n) is 11.2. The number of pyridine rings is 1. The molecule has 0 unspecified atom stereocenters. The number of aromatic nitrogens is 2. The Hall–Kier alpha value is -2.51. The molecular weight excluding hydrogens is 483 g/mol. The number of rotatable bonds is 5. The molecule has 0 spiro atoms. The van der Waals surface area contributed by atoms with Crippen molar-refractivity contribution >= 4 is 38.4 Å². The summed E-state index contributed by atoms with van der Waals surface area (Å²) in [6.07, 6.45) is 3.54. The first-order chi connectivity index (χ1) is 15.7. The van der Waals surface area contributed by atoms with Crippen LogP contribution in [-0.2, 0) is 13.6 Å². The van der Waals surface area contributed by atoms with E-state index in [4.69, 9.17) is 0 Å². The van der Waals surface area contributed by atoms with E-state index < -0.39 is 0 Å². The molecule has 0 atom stereocenters. The number of carbonyl (C=O) groups excluding carboxylic acids is 1. The highest BCUT2D eigenvalue weighted by Crippen LogP contribution is 2.36. The van der Waals surface area contributed by atoms with Gasteiger partial charge in [-0.1, -0.05) is 12.2 Å². The molecule has 5 nitrogen and oxygen atoms in total. The fraction of sp³-hybridized carbons (Fsp3) is 0.385. The molecule has 2 aromatic heterocycles. The summed E-state index contributed by atoms with van der Waals surface area (Å²) in [5.74, 6) is -0.391. The van der Waals surface area contributed by atoms with Crippen molar-refractivity contribution in [2.45, 2.75) is 32.2 Å². The van der Waals surface area contributed by atoms with E-state index in [0.29, 0.717) is 11.1 Å². The fourth-order valence-corrected chi connectivity index (χ4v) is 5.18. The number of carbonyl (C=O) groups is 1. The lowest BCUT2D eigenvalue weighted by Gasteiger charge is -2.33. The van der Waals surface area contributed by atoms with Gasteiger partial charge in [-0.3, -0.25) is 9.69 Å². The Kier molecular flexibility index (Phi) is 6.73. The van der Waals surface area contributed by atoms with E-state index in [-0.39, 0.29) is 17.6 Å². The summed E-state index contributed by atoms with van der Waals surface area (Å²) in [6, 6.07) is 7.34. The maximum atomic E-state index is 15.3. The summed E-state index contributed by atoms with van der Waals surface area (Å²) < 4.78 is 18.5. The highest BCUT2D eigenvalue weighted by Gasteiger charge is 2.27. The molecule has 0 bridgehead atoms. The van der Waals surface area contributed by atoms with E-state index in [1.165, 1.54) is 16.7 Å². The van der Waals surface area contributed by atoms with Gasteiger partial charge in [-0.2, -0.15) is 0 Å². The highest BCUT2D eigenvalue weighted by molar-refractivity contribution is 9.10. The van der Waals surface area contributed by atoms with Gasteiger partial charge in [0.2, 0.25) is 0 Å². The minimum atomic E-state index is -0.302. The zero-order valence-electron chi connectivity index (χ0n) is 19.7. The summed E-state index contributed by atoms with van der Waals surface area (Å²) in [5, 5.41) is 1.12. The van der Waals surface area contributed by atoms with Crippen LogP contribution in [0.1, 0.15) is 52.9 Å². The van der Waals surface area contributed by atoms with Crippen LogP contribution >= 0.6 is 15.9 Å². The van der Waals surface area contributed by atoms with Crippen LogP contribution in [0, 0.1) is 5.82 Å². The van der Waals surface area contributed by atoms with Crippen molar-refractivity contribution in [3.8, 4) is 0 Å². The van der Waals surface area contributed by atoms with Gasteiger partial charge < -0.3 is 9.47 Å². The SMILES string of the molecule is C=C(C)c1cc(C(=O)N(C)C)cc(F)c1C1CCN(Cc2cc3c(Br)ccnc3n2C)CC1. The number of aryl methyl sites for hydroxylation is 1. The lowest BCUT2D eigenvalue weighted by atomic mass is 9.83. The second kappa shape index (κ2) is 9.39. The summed E-state index contributed by atoms with van der Waals surface area (Å²) >= 11 is 3.62. The molecular formula is C26H30BrFN4O. The molecule has 1 aliphatic rings. The molecule has 0 saturated carbocycles. The first-order valence-corrected chi connectivity index (χ1v) is 12.0. The van der Waals surface area contributed by atoms with Gasteiger partial charge >= 0.3 is 0 Å². The van der Waals surface area contributed by atoms with Crippen molar-refractivity contribution in [2.24, 2.45) is 7.05 Å². The Labute approximate surface area is 203 Å². The minimum absolute atomic E-state index is 0.111. The van der Waals surface area contributed by atoms with Gasteiger partial charge in [0.05, 0.1) is 0 Å². The number of halogens is 2. The second-order valence-corrected chi connectivity index (χ2v) is 10.0. The second-order valence-electron chi connectivity index (χ2n) is 9.17. The third-order valence-corrected chi connectivity index (χ3v) is 7.29. The number of benzene rings is 1. The molecule has 174 valence electrons. The molecule has 33 heavy (non-hydrogen) atoms. The molecule has 1 aliphatic heterocycles. The van der Waals surface area contributed by atoms with Gasteiger partial charge in [0, 0.05) is 55.0 Å². The van der Waals surface area contributed by atoms with Crippen molar-refractivity contribution in [2.75, 3.05) is 27.2 Å². The maximum absolute atomic E-state index is 15.3. The summed E-state index contributed by atoms with van der Waals surface area (Å²) in [4.78, 5) is 20.8. The third-order valence-electron chi connectivity index (χ3n) is 6.60. The quantitative estimate of drug-likeness (QED) is 0.447. The molecule has 3 heterocycles. The topological polar surface area (TPSA) is 41.4 Å². The lowest BCUT2D eigenvalue weighted by Crippen LogP contribution is -2.33. The van der Waals surface area contributed by atoms with Crippen molar-refractivity contribution in [3.63, 3.8) is 0 Å². The third kappa shape index (κ3) is 4.62. The molecule has 4 rings (SSSR count). The predicted octanol–water partition coefficient (Wildman–Crippen LogP) is 5.59. The average molecular weight is 513 g/mol. The molecule has 7 heteroatoms. The number of amides is 1. The van der Waals surface area contributed by atoms with E-state index in [1.54, 1.807) is 20.2 Å². The highest BCUT2D eigenvalue weighted by atomic mass is 79.9. The first kappa shape index (κ1) is 23.6. The number of allylic oxidation sites excluding steroid dienone is 1. The number of piperidine rings is 1. The van der Waals surface area contributed by atoms with Crippen LogP contribution in [0.25, 0.3) is 16.6 Å². The Bertz CT molecular complexity index is 1220. The van der Waals surface area contributed by atoms with Gasteiger partial charge in [-0.15, -0.1) is 0 Å². The van der Waals surface area contributed by atoms with Gasteiger partial charge in [-0.25, -0.2) is 9.37 Å².